The number of fused-ring (bicyclic) bond motifs is 1. The first-order valence-electron chi connectivity index (χ1n) is 10.8. The highest BCUT2D eigenvalue weighted by Gasteiger charge is 2.32. The molecule has 34 heavy (non-hydrogen) atoms. The fourth-order valence-corrected chi connectivity index (χ4v) is 6.15. The van der Waals surface area contributed by atoms with Gasteiger partial charge in [-0.05, 0) is 71.5 Å². The number of carbonyl (C=O) groups is 2. The summed E-state index contributed by atoms with van der Waals surface area (Å²) in [5.74, 6) is 0.414. The number of benzene rings is 1. The van der Waals surface area contributed by atoms with Gasteiger partial charge >= 0.3 is 16.6 Å². The maximum Gasteiger partial charge on any atom is 0.442 e. The maximum atomic E-state index is 13.1. The molecule has 3 aromatic rings. The fourth-order valence-electron chi connectivity index (χ4n) is 3.86. The van der Waals surface area contributed by atoms with Crippen LogP contribution in [-0.2, 0) is 22.4 Å². The van der Waals surface area contributed by atoms with Crippen LogP contribution in [0.2, 0.25) is 0 Å². The number of carbonyl (C=O) groups excluding carboxylic acids is 2. The molecule has 0 bridgehead atoms. The minimum absolute atomic E-state index is 0.223. The van der Waals surface area contributed by atoms with Crippen molar-refractivity contribution in [3.05, 3.63) is 50.7 Å². The number of hydrogen-bond acceptors (Lipinski definition) is 8. The summed E-state index contributed by atoms with van der Waals surface area (Å²) in [6, 6.07) is 7.04. The molecule has 0 spiro atoms. The molecule has 0 saturated heterocycles. The molecule has 2 atom stereocenters. The van der Waals surface area contributed by atoms with E-state index in [1.54, 1.807) is 38.3 Å². The fraction of sp³-hybridized carbons (Fsp3) is 0.391. The van der Waals surface area contributed by atoms with Crippen molar-refractivity contribution in [3.8, 4) is 11.4 Å². The predicted octanol–water partition coefficient (Wildman–Crippen LogP) is 3.35. The lowest BCUT2D eigenvalue weighted by Gasteiger charge is -2.18. The third kappa shape index (κ3) is 4.76. The normalized spacial score (nSPS) is 15.9. The zero-order valence-corrected chi connectivity index (χ0v) is 20.9. The van der Waals surface area contributed by atoms with E-state index in [0.717, 1.165) is 41.5 Å². The van der Waals surface area contributed by atoms with Gasteiger partial charge in [-0.2, -0.15) is 0 Å². The maximum absolute atomic E-state index is 13.1. The number of amides is 1. The van der Waals surface area contributed by atoms with Crippen LogP contribution in [0.15, 0.2) is 38.6 Å². The molecule has 4 rings (SSSR count). The molecule has 0 fully saturated rings. The summed E-state index contributed by atoms with van der Waals surface area (Å²) in [7, 11) is 2.91. The molecule has 2 aromatic heterocycles. The molecule has 1 aliphatic carbocycles. The van der Waals surface area contributed by atoms with Gasteiger partial charge in [-0.25, -0.2) is 9.59 Å². The minimum Gasteiger partial charge on any atom is -0.497 e. The SMILES string of the molecule is COC(=O)c1c(NC(=O)C(C)Sc2c(=O)o[nH][n+]2-c2ccc(OC)cc2)sc2c1CCC(C)C2. The molecule has 1 aliphatic rings. The Hall–Kier alpha value is -3.05. The van der Waals surface area contributed by atoms with Crippen LogP contribution in [0, 0.1) is 5.92 Å². The molecule has 1 aromatic carbocycles. The Morgan fingerprint density at radius 3 is 2.71 bits per heavy atom. The number of nitrogens with zero attached hydrogens (tertiary/aromatic N) is 1. The lowest BCUT2D eigenvalue weighted by atomic mass is 9.88. The Balaban J connectivity index is 1.55. The van der Waals surface area contributed by atoms with Gasteiger partial charge in [0.1, 0.15) is 10.8 Å². The smallest absolute Gasteiger partial charge is 0.442 e. The molecule has 0 radical (unpaired) electrons. The van der Waals surface area contributed by atoms with E-state index < -0.39 is 16.8 Å². The highest BCUT2D eigenvalue weighted by Crippen LogP contribution is 2.40. The van der Waals surface area contributed by atoms with Gasteiger partial charge in [-0.1, -0.05) is 6.92 Å². The number of ether oxygens (including phenoxy) is 2. The van der Waals surface area contributed by atoms with E-state index >= 15 is 0 Å². The van der Waals surface area contributed by atoms with Crippen molar-refractivity contribution in [2.75, 3.05) is 19.5 Å². The zero-order chi connectivity index (χ0) is 24.4. The number of rotatable bonds is 7. The Labute approximate surface area is 204 Å². The number of hydrogen-bond donors (Lipinski definition) is 2. The number of H-pyrrole nitrogens is 1. The number of thioether (sulfide) groups is 1. The first-order chi connectivity index (χ1) is 16.3. The number of aromatic amines is 1. The van der Waals surface area contributed by atoms with Crippen LogP contribution in [0.25, 0.3) is 5.69 Å². The van der Waals surface area contributed by atoms with Gasteiger partial charge in [0.2, 0.25) is 11.6 Å². The van der Waals surface area contributed by atoms with Crippen LogP contribution in [0.1, 0.15) is 41.1 Å². The lowest BCUT2D eigenvalue weighted by Crippen LogP contribution is -2.37. The van der Waals surface area contributed by atoms with Gasteiger partial charge in [-0.3, -0.25) is 9.32 Å². The van der Waals surface area contributed by atoms with Crippen LogP contribution < -0.4 is 20.4 Å². The van der Waals surface area contributed by atoms with E-state index in [4.69, 9.17) is 14.0 Å². The van der Waals surface area contributed by atoms with Gasteiger partial charge in [0.25, 0.3) is 0 Å². The van der Waals surface area contributed by atoms with Crippen molar-refractivity contribution in [1.29, 1.82) is 0 Å². The van der Waals surface area contributed by atoms with E-state index in [1.807, 2.05) is 0 Å². The van der Waals surface area contributed by atoms with Crippen LogP contribution >= 0.6 is 23.1 Å². The summed E-state index contributed by atoms with van der Waals surface area (Å²) in [6.07, 6.45) is 2.64. The summed E-state index contributed by atoms with van der Waals surface area (Å²) in [5, 5.41) is 5.53. The predicted molar refractivity (Wildman–Crippen MR) is 128 cm³/mol. The molecular formula is C23H26N3O6S2+. The molecule has 2 N–H and O–H groups in total. The Morgan fingerprint density at radius 2 is 2.03 bits per heavy atom. The van der Waals surface area contributed by atoms with Crippen molar-refractivity contribution >= 4 is 40.0 Å². The van der Waals surface area contributed by atoms with Crippen molar-refractivity contribution in [2.45, 2.75) is 43.4 Å². The van der Waals surface area contributed by atoms with Gasteiger partial charge < -0.3 is 14.8 Å². The average molecular weight is 505 g/mol. The van der Waals surface area contributed by atoms with E-state index in [9.17, 15) is 14.4 Å². The third-order valence-corrected chi connectivity index (χ3v) is 8.04. The number of thiophene rings is 1. The molecule has 0 saturated carbocycles. The highest BCUT2D eigenvalue weighted by molar-refractivity contribution is 8.00. The third-order valence-electron chi connectivity index (χ3n) is 5.73. The number of methoxy groups -OCH3 is 2. The summed E-state index contributed by atoms with van der Waals surface area (Å²) in [5.41, 5.74) is 1.47. The quantitative estimate of drug-likeness (QED) is 0.288. The summed E-state index contributed by atoms with van der Waals surface area (Å²) in [4.78, 5) is 39.0. The first-order valence-corrected chi connectivity index (χ1v) is 12.5. The van der Waals surface area contributed by atoms with Gasteiger partial charge in [-0.15, -0.1) is 11.3 Å². The molecule has 0 aliphatic heterocycles. The summed E-state index contributed by atoms with van der Waals surface area (Å²) < 4.78 is 16.6. The molecular weight excluding hydrogens is 478 g/mol. The summed E-state index contributed by atoms with van der Waals surface area (Å²) in [6.45, 7) is 3.87. The summed E-state index contributed by atoms with van der Waals surface area (Å²) >= 11 is 2.49. The van der Waals surface area contributed by atoms with Crippen molar-refractivity contribution < 1.29 is 28.3 Å². The number of nitrogens with one attached hydrogen (secondary N) is 2. The van der Waals surface area contributed by atoms with Gasteiger partial charge in [0.05, 0.1) is 25.0 Å². The average Bonchev–Trinajstić information content (AvgIpc) is 3.37. The lowest BCUT2D eigenvalue weighted by molar-refractivity contribution is -0.704. The van der Waals surface area contributed by atoms with Gasteiger partial charge in [0.15, 0.2) is 0 Å². The second-order valence-corrected chi connectivity index (χ2v) is 10.6. The molecule has 11 heteroatoms. The minimum atomic E-state index is -0.647. The number of aromatic nitrogens is 2. The van der Waals surface area contributed by atoms with Crippen LogP contribution in [0.4, 0.5) is 5.00 Å². The second-order valence-electron chi connectivity index (χ2n) is 8.12. The monoisotopic (exact) mass is 504 g/mol. The highest BCUT2D eigenvalue weighted by atomic mass is 32.2. The molecule has 2 unspecified atom stereocenters. The van der Waals surface area contributed by atoms with Crippen LogP contribution in [0.3, 0.4) is 0 Å². The van der Waals surface area contributed by atoms with Crippen molar-refractivity contribution in [3.63, 3.8) is 0 Å². The Morgan fingerprint density at radius 1 is 1.29 bits per heavy atom. The van der Waals surface area contributed by atoms with E-state index in [1.165, 1.54) is 23.1 Å². The van der Waals surface area contributed by atoms with E-state index in [0.29, 0.717) is 27.9 Å². The van der Waals surface area contributed by atoms with Crippen molar-refractivity contribution in [1.82, 2.24) is 5.27 Å². The largest absolute Gasteiger partial charge is 0.497 e. The van der Waals surface area contributed by atoms with Gasteiger partial charge in [0, 0.05) is 17.0 Å². The molecule has 2 heterocycles. The Bertz CT molecular complexity index is 1260. The second kappa shape index (κ2) is 10.1. The number of esters is 1. The zero-order valence-electron chi connectivity index (χ0n) is 19.3. The topological polar surface area (TPSA) is 115 Å². The van der Waals surface area contributed by atoms with Crippen LogP contribution in [-0.4, -0.2) is 36.6 Å². The van der Waals surface area contributed by atoms with E-state index in [2.05, 4.69) is 17.5 Å². The number of anilines is 1. The van der Waals surface area contributed by atoms with E-state index in [-0.39, 0.29) is 10.9 Å². The van der Waals surface area contributed by atoms with Crippen LogP contribution in [0.5, 0.6) is 5.75 Å². The molecule has 180 valence electrons. The first kappa shape index (κ1) is 24.1. The standard InChI is InChI=1S/C23H25N3O6S2/c1-12-5-10-16-17(11-12)34-20(18(16)22(28)31-4)24-19(27)13(2)33-21-23(29)32-25-26(21)14-6-8-15(30-3)9-7-14/h6-9,12-13H,5,10-11H2,1-4H3,(H-,24,25,27,28,29)/p+1. The van der Waals surface area contributed by atoms with Crippen molar-refractivity contribution in [2.24, 2.45) is 5.92 Å². The molecule has 9 nitrogen and oxygen atoms in total. The Kier molecular flexibility index (Phi) is 7.13. The molecule has 1 amide bonds.